The average molecular weight is 360 g/mol. The van der Waals surface area contributed by atoms with E-state index in [-0.39, 0.29) is 17.9 Å². The third kappa shape index (κ3) is 2.41. The van der Waals surface area contributed by atoms with E-state index in [1.54, 1.807) is 21.3 Å². The van der Waals surface area contributed by atoms with Crippen molar-refractivity contribution in [3.63, 3.8) is 0 Å². The topological polar surface area (TPSA) is 65.0 Å². The van der Waals surface area contributed by atoms with Gasteiger partial charge in [-0.3, -0.25) is 4.79 Å². The quantitative estimate of drug-likeness (QED) is 0.814. The molecule has 2 aliphatic carbocycles. The summed E-state index contributed by atoms with van der Waals surface area (Å²) in [5.74, 6) is -0.276. The summed E-state index contributed by atoms with van der Waals surface area (Å²) in [7, 11) is 4.92. The molecule has 5 nitrogen and oxygen atoms in total. The summed E-state index contributed by atoms with van der Waals surface area (Å²) in [6.07, 6.45) is 0.152. The maximum Gasteiger partial charge on any atom is 0.317 e. The van der Waals surface area contributed by atoms with Gasteiger partial charge in [0.25, 0.3) is 0 Å². The summed E-state index contributed by atoms with van der Waals surface area (Å²) in [4.78, 5) is 12.7. The Labute approximate surface area is 155 Å². The predicted molar refractivity (Wildman–Crippen MR) is 98.6 cm³/mol. The van der Waals surface area contributed by atoms with Crippen molar-refractivity contribution in [2.24, 2.45) is 11.3 Å². The van der Waals surface area contributed by atoms with Crippen molar-refractivity contribution in [2.45, 2.75) is 45.3 Å². The first-order valence-electron chi connectivity index (χ1n) is 8.95. The van der Waals surface area contributed by atoms with Gasteiger partial charge in [-0.25, -0.2) is 0 Å². The van der Waals surface area contributed by atoms with E-state index < -0.39 is 17.5 Å². The summed E-state index contributed by atoms with van der Waals surface area (Å²) in [5, 5.41) is 10.4. The predicted octanol–water partition coefficient (Wildman–Crippen LogP) is 3.56. The van der Waals surface area contributed by atoms with Crippen LogP contribution in [-0.2, 0) is 14.3 Å². The summed E-state index contributed by atoms with van der Waals surface area (Å²) in [5.41, 5.74) is 2.81. The van der Waals surface area contributed by atoms with E-state index in [0.29, 0.717) is 6.42 Å². The van der Waals surface area contributed by atoms with Crippen LogP contribution in [0.15, 0.2) is 29.3 Å². The molecule has 1 aromatic carbocycles. The van der Waals surface area contributed by atoms with Crippen LogP contribution in [0.5, 0.6) is 5.75 Å². The minimum atomic E-state index is -1.09. The normalized spacial score (nSPS) is 33.5. The Balaban J connectivity index is 2.25. The van der Waals surface area contributed by atoms with E-state index in [4.69, 9.17) is 14.2 Å². The number of hydrogen-bond acceptors (Lipinski definition) is 4. The highest BCUT2D eigenvalue weighted by Gasteiger charge is 2.66. The molecule has 5 unspecified atom stereocenters. The molecular formula is C21H28O5. The van der Waals surface area contributed by atoms with E-state index in [2.05, 4.69) is 6.07 Å². The Bertz CT molecular complexity index is 753. The Morgan fingerprint density at radius 1 is 1.12 bits per heavy atom. The van der Waals surface area contributed by atoms with Gasteiger partial charge in [-0.15, -0.1) is 0 Å². The van der Waals surface area contributed by atoms with Gasteiger partial charge in [0, 0.05) is 26.1 Å². The van der Waals surface area contributed by atoms with Gasteiger partial charge in [0.15, 0.2) is 0 Å². The number of ether oxygens (including phenoxy) is 3. The van der Waals surface area contributed by atoms with Crippen LogP contribution in [0.2, 0.25) is 0 Å². The highest BCUT2D eigenvalue weighted by Crippen LogP contribution is 2.62. The molecule has 1 aromatic rings. The number of carboxylic acid groups (broad SMARTS) is 1. The lowest BCUT2D eigenvalue weighted by Crippen LogP contribution is -2.51. The number of carbonyl (C=O) groups is 1. The molecule has 2 aliphatic rings. The fourth-order valence-corrected chi connectivity index (χ4v) is 5.37. The molecule has 1 fully saturated rings. The highest BCUT2D eigenvalue weighted by molar-refractivity contribution is 5.83. The molecule has 0 heterocycles. The van der Waals surface area contributed by atoms with E-state index in [1.165, 1.54) is 0 Å². The number of aliphatic carboxylic acids is 1. The van der Waals surface area contributed by atoms with Gasteiger partial charge in [0.2, 0.25) is 0 Å². The zero-order valence-electron chi connectivity index (χ0n) is 16.3. The van der Waals surface area contributed by atoms with Crippen LogP contribution in [0.4, 0.5) is 0 Å². The second-order valence-electron chi connectivity index (χ2n) is 7.53. The minimum Gasteiger partial charge on any atom is -0.497 e. The Hall–Kier alpha value is -1.85. The lowest BCUT2D eigenvalue weighted by molar-refractivity contribution is -0.157. The number of fused-ring (bicyclic) bond motifs is 2. The van der Waals surface area contributed by atoms with Crippen molar-refractivity contribution in [3.05, 3.63) is 40.5 Å². The number of aryl methyl sites for hydroxylation is 1. The fraction of sp³-hybridized carbons (Fsp3) is 0.571. The van der Waals surface area contributed by atoms with E-state index in [9.17, 15) is 9.90 Å². The van der Waals surface area contributed by atoms with Gasteiger partial charge in [0.1, 0.15) is 11.2 Å². The highest BCUT2D eigenvalue weighted by atomic mass is 16.5. The lowest BCUT2D eigenvalue weighted by Gasteiger charge is -2.44. The van der Waals surface area contributed by atoms with Crippen molar-refractivity contribution >= 4 is 5.97 Å². The second kappa shape index (κ2) is 6.71. The van der Waals surface area contributed by atoms with Crippen LogP contribution < -0.4 is 4.74 Å². The van der Waals surface area contributed by atoms with Crippen LogP contribution in [0, 0.1) is 18.3 Å². The smallest absolute Gasteiger partial charge is 0.317 e. The van der Waals surface area contributed by atoms with E-state index in [0.717, 1.165) is 28.0 Å². The van der Waals surface area contributed by atoms with Gasteiger partial charge in [-0.2, -0.15) is 0 Å². The number of methoxy groups -OCH3 is 3. The summed E-state index contributed by atoms with van der Waals surface area (Å²) >= 11 is 0. The molecule has 0 amide bonds. The second-order valence-corrected chi connectivity index (χ2v) is 7.53. The standard InChI is InChI=1S/C21H28O5/c1-11-7-14(9-15(8-11)24-4)17-10-16-18(25-5)12(2)13(3)21(17,20(22)23)19(16)26-6/h7-9,16-19H,10H2,1-6H3,(H,22,23). The first-order valence-corrected chi connectivity index (χ1v) is 8.95. The van der Waals surface area contributed by atoms with Crippen molar-refractivity contribution < 1.29 is 24.1 Å². The maximum atomic E-state index is 12.7. The first kappa shape index (κ1) is 18.9. The SMILES string of the molecule is COc1cc(C)cc(C2CC3C(OC)C(C)=C(C)C2(C(=O)O)C3OC)c1. The van der Waals surface area contributed by atoms with E-state index in [1.807, 2.05) is 32.9 Å². The molecule has 142 valence electrons. The maximum absolute atomic E-state index is 12.7. The Kier molecular flexibility index (Phi) is 4.88. The molecule has 5 heteroatoms. The van der Waals surface area contributed by atoms with Gasteiger partial charge in [-0.1, -0.05) is 11.6 Å². The zero-order chi connectivity index (χ0) is 19.2. The molecule has 3 rings (SSSR count). The third-order valence-corrected chi connectivity index (χ3v) is 6.50. The van der Waals surface area contributed by atoms with Crippen molar-refractivity contribution in [1.82, 2.24) is 0 Å². The molecular weight excluding hydrogens is 332 g/mol. The third-order valence-electron chi connectivity index (χ3n) is 6.50. The molecule has 0 aliphatic heterocycles. The Morgan fingerprint density at radius 3 is 2.35 bits per heavy atom. The molecule has 2 bridgehead atoms. The molecule has 0 aromatic heterocycles. The monoisotopic (exact) mass is 360 g/mol. The molecule has 0 saturated heterocycles. The van der Waals surface area contributed by atoms with Crippen LogP contribution >= 0.6 is 0 Å². The molecule has 26 heavy (non-hydrogen) atoms. The molecule has 0 radical (unpaired) electrons. The van der Waals surface area contributed by atoms with Gasteiger partial charge in [-0.05, 0) is 56.0 Å². The first-order chi connectivity index (χ1) is 12.3. The zero-order valence-corrected chi connectivity index (χ0v) is 16.3. The number of rotatable bonds is 5. The van der Waals surface area contributed by atoms with Crippen molar-refractivity contribution in [3.8, 4) is 5.75 Å². The lowest BCUT2D eigenvalue weighted by atomic mass is 9.64. The average Bonchev–Trinajstić information content (AvgIpc) is 2.92. The number of hydrogen-bond donors (Lipinski definition) is 1. The van der Waals surface area contributed by atoms with Gasteiger partial charge < -0.3 is 19.3 Å². The molecule has 5 atom stereocenters. The molecule has 1 saturated carbocycles. The van der Waals surface area contributed by atoms with E-state index >= 15 is 0 Å². The van der Waals surface area contributed by atoms with Crippen LogP contribution in [0.1, 0.15) is 37.3 Å². The van der Waals surface area contributed by atoms with Crippen molar-refractivity contribution in [2.75, 3.05) is 21.3 Å². The molecule has 1 N–H and O–H groups in total. The number of benzene rings is 1. The number of carboxylic acids is 1. The largest absolute Gasteiger partial charge is 0.497 e. The van der Waals surface area contributed by atoms with Gasteiger partial charge in [0.05, 0.1) is 19.3 Å². The van der Waals surface area contributed by atoms with Crippen LogP contribution in [0.25, 0.3) is 0 Å². The summed E-state index contributed by atoms with van der Waals surface area (Å²) < 4.78 is 17.0. The summed E-state index contributed by atoms with van der Waals surface area (Å²) in [6.45, 7) is 5.91. The summed E-state index contributed by atoms with van der Waals surface area (Å²) in [6, 6.07) is 5.98. The Morgan fingerprint density at radius 2 is 1.81 bits per heavy atom. The van der Waals surface area contributed by atoms with Crippen molar-refractivity contribution in [1.29, 1.82) is 0 Å². The van der Waals surface area contributed by atoms with Crippen LogP contribution in [0.3, 0.4) is 0 Å². The van der Waals surface area contributed by atoms with Crippen LogP contribution in [-0.4, -0.2) is 44.6 Å². The molecule has 0 spiro atoms. The minimum absolute atomic E-state index is 0.00121. The fourth-order valence-electron chi connectivity index (χ4n) is 5.37. The van der Waals surface area contributed by atoms with Gasteiger partial charge >= 0.3 is 5.97 Å².